The summed E-state index contributed by atoms with van der Waals surface area (Å²) in [5.74, 6) is 0.183. The SMILES string of the molecule is NC1=CC=C(N)C(N)(Cc2ccc(F)cc2)N1. The van der Waals surface area contributed by atoms with Crippen molar-refractivity contribution in [3.05, 3.63) is 59.3 Å². The zero-order valence-corrected chi connectivity index (χ0v) is 9.28. The Balaban J connectivity index is 2.21. The standard InChI is InChI=1S/C12H15FN4/c13-9-3-1-8(2-4-9)7-12(16)10(14)5-6-11(15)17-12/h1-6,17H,7,14-16H2. The molecule has 7 N–H and O–H groups in total. The number of hydrogen-bond acceptors (Lipinski definition) is 4. The fourth-order valence-corrected chi connectivity index (χ4v) is 1.77. The monoisotopic (exact) mass is 234 g/mol. The Morgan fingerprint density at radius 2 is 1.76 bits per heavy atom. The van der Waals surface area contributed by atoms with Crippen LogP contribution in [0.5, 0.6) is 0 Å². The van der Waals surface area contributed by atoms with E-state index < -0.39 is 5.66 Å². The second-order valence-electron chi connectivity index (χ2n) is 4.14. The van der Waals surface area contributed by atoms with E-state index in [1.165, 1.54) is 12.1 Å². The van der Waals surface area contributed by atoms with Gasteiger partial charge in [0.25, 0.3) is 0 Å². The minimum absolute atomic E-state index is 0.278. The van der Waals surface area contributed by atoms with Gasteiger partial charge in [0, 0.05) is 12.1 Å². The average Bonchev–Trinajstić information content (AvgIpc) is 2.27. The Hall–Kier alpha value is -2.01. The van der Waals surface area contributed by atoms with Crippen LogP contribution in [0.3, 0.4) is 0 Å². The van der Waals surface area contributed by atoms with Gasteiger partial charge < -0.3 is 22.5 Å². The van der Waals surface area contributed by atoms with Crippen LogP contribution in [0.4, 0.5) is 4.39 Å². The fourth-order valence-electron chi connectivity index (χ4n) is 1.77. The van der Waals surface area contributed by atoms with Gasteiger partial charge in [-0.2, -0.15) is 0 Å². The summed E-state index contributed by atoms with van der Waals surface area (Å²) < 4.78 is 12.8. The van der Waals surface area contributed by atoms with Crippen molar-refractivity contribution in [1.29, 1.82) is 0 Å². The lowest BCUT2D eigenvalue weighted by Crippen LogP contribution is -2.60. The molecule has 4 nitrogen and oxygen atoms in total. The van der Waals surface area contributed by atoms with Crippen molar-refractivity contribution in [3.8, 4) is 0 Å². The molecule has 0 amide bonds. The van der Waals surface area contributed by atoms with E-state index in [4.69, 9.17) is 17.2 Å². The fraction of sp³-hybridized carbons (Fsp3) is 0.167. The van der Waals surface area contributed by atoms with Gasteiger partial charge >= 0.3 is 0 Å². The maximum absolute atomic E-state index is 12.8. The van der Waals surface area contributed by atoms with Crippen molar-refractivity contribution in [3.63, 3.8) is 0 Å². The van der Waals surface area contributed by atoms with Crippen molar-refractivity contribution in [1.82, 2.24) is 5.32 Å². The normalized spacial score (nSPS) is 23.6. The summed E-state index contributed by atoms with van der Waals surface area (Å²) in [5.41, 5.74) is 18.1. The van der Waals surface area contributed by atoms with Crippen LogP contribution in [0.25, 0.3) is 0 Å². The molecule has 0 saturated heterocycles. The molecule has 0 fully saturated rings. The molecule has 0 saturated carbocycles. The van der Waals surface area contributed by atoms with Crippen LogP contribution >= 0.6 is 0 Å². The van der Waals surface area contributed by atoms with Gasteiger partial charge in [-0.05, 0) is 29.8 Å². The number of halogens is 1. The van der Waals surface area contributed by atoms with Gasteiger partial charge in [0.15, 0.2) is 0 Å². The van der Waals surface area contributed by atoms with E-state index in [2.05, 4.69) is 5.32 Å². The van der Waals surface area contributed by atoms with Crippen LogP contribution in [0.1, 0.15) is 5.56 Å². The van der Waals surface area contributed by atoms with Gasteiger partial charge in [0.05, 0.1) is 5.82 Å². The largest absolute Gasteiger partial charge is 0.399 e. The lowest BCUT2D eigenvalue weighted by atomic mass is 9.95. The Morgan fingerprint density at radius 1 is 1.12 bits per heavy atom. The molecule has 1 atom stereocenters. The highest BCUT2D eigenvalue weighted by Gasteiger charge is 2.30. The highest BCUT2D eigenvalue weighted by atomic mass is 19.1. The summed E-state index contributed by atoms with van der Waals surface area (Å²) in [6.07, 6.45) is 3.77. The molecule has 0 radical (unpaired) electrons. The molecule has 0 aliphatic carbocycles. The Bertz CT molecular complexity index is 478. The van der Waals surface area contributed by atoms with Crippen molar-refractivity contribution < 1.29 is 4.39 Å². The van der Waals surface area contributed by atoms with E-state index in [1.54, 1.807) is 24.3 Å². The number of nitrogens with one attached hydrogen (secondary N) is 1. The van der Waals surface area contributed by atoms with Crippen LogP contribution < -0.4 is 22.5 Å². The van der Waals surface area contributed by atoms with Crippen LogP contribution in [0, 0.1) is 5.82 Å². The molecule has 1 unspecified atom stereocenters. The van der Waals surface area contributed by atoms with E-state index in [9.17, 15) is 4.39 Å². The summed E-state index contributed by atoms with van der Waals surface area (Å²) >= 11 is 0. The third kappa shape index (κ3) is 2.39. The highest BCUT2D eigenvalue weighted by molar-refractivity contribution is 5.32. The molecule has 0 aromatic heterocycles. The van der Waals surface area contributed by atoms with E-state index in [1.807, 2.05) is 0 Å². The number of dihydropyridines is 1. The first-order chi connectivity index (χ1) is 7.99. The van der Waals surface area contributed by atoms with E-state index in [0.717, 1.165) is 5.56 Å². The zero-order valence-electron chi connectivity index (χ0n) is 9.28. The van der Waals surface area contributed by atoms with Crippen LogP contribution in [-0.4, -0.2) is 5.66 Å². The maximum atomic E-state index is 12.8. The number of benzene rings is 1. The van der Waals surface area contributed by atoms with Gasteiger partial charge in [-0.25, -0.2) is 4.39 Å². The number of hydrogen-bond donors (Lipinski definition) is 4. The Morgan fingerprint density at radius 3 is 2.41 bits per heavy atom. The van der Waals surface area contributed by atoms with Gasteiger partial charge in [-0.15, -0.1) is 0 Å². The van der Waals surface area contributed by atoms with Gasteiger partial charge in [-0.1, -0.05) is 12.1 Å². The summed E-state index contributed by atoms with van der Waals surface area (Å²) in [7, 11) is 0. The molecule has 1 aliphatic rings. The van der Waals surface area contributed by atoms with E-state index in [-0.39, 0.29) is 5.82 Å². The summed E-state index contributed by atoms with van der Waals surface area (Å²) in [4.78, 5) is 0. The summed E-state index contributed by atoms with van der Waals surface area (Å²) in [5, 5.41) is 2.94. The third-order valence-corrected chi connectivity index (χ3v) is 2.72. The van der Waals surface area contributed by atoms with Crippen molar-refractivity contribution in [2.24, 2.45) is 17.2 Å². The van der Waals surface area contributed by atoms with Crippen LogP contribution in [0.2, 0.25) is 0 Å². The smallest absolute Gasteiger partial charge is 0.132 e. The zero-order chi connectivity index (χ0) is 12.5. The highest BCUT2D eigenvalue weighted by Crippen LogP contribution is 2.18. The third-order valence-electron chi connectivity index (χ3n) is 2.72. The molecule has 5 heteroatoms. The quantitative estimate of drug-likeness (QED) is 0.591. The lowest BCUT2D eigenvalue weighted by molar-refractivity contribution is 0.415. The van der Waals surface area contributed by atoms with Crippen molar-refractivity contribution >= 4 is 0 Å². The molecule has 1 heterocycles. The predicted molar refractivity (Wildman–Crippen MR) is 64.7 cm³/mol. The molecule has 1 aromatic carbocycles. The second kappa shape index (κ2) is 4.10. The molecule has 2 rings (SSSR count). The van der Waals surface area contributed by atoms with E-state index in [0.29, 0.717) is 17.9 Å². The molecule has 90 valence electrons. The van der Waals surface area contributed by atoms with E-state index >= 15 is 0 Å². The molecular formula is C12H15FN4. The molecule has 0 bridgehead atoms. The number of nitrogens with two attached hydrogens (primary N) is 3. The van der Waals surface area contributed by atoms with Gasteiger partial charge in [0.1, 0.15) is 11.5 Å². The second-order valence-corrected chi connectivity index (χ2v) is 4.14. The van der Waals surface area contributed by atoms with Crippen LogP contribution in [-0.2, 0) is 6.42 Å². The van der Waals surface area contributed by atoms with Crippen LogP contribution in [0.15, 0.2) is 47.9 Å². The predicted octanol–water partition coefficient (Wildman–Crippen LogP) is 0.269. The summed E-state index contributed by atoms with van der Waals surface area (Å²) in [6.45, 7) is 0. The average molecular weight is 234 g/mol. The maximum Gasteiger partial charge on any atom is 0.132 e. The van der Waals surface area contributed by atoms with Crippen molar-refractivity contribution in [2.45, 2.75) is 12.1 Å². The number of rotatable bonds is 2. The minimum atomic E-state index is -0.920. The molecule has 1 aromatic rings. The first-order valence-corrected chi connectivity index (χ1v) is 5.24. The molecular weight excluding hydrogens is 219 g/mol. The first kappa shape index (κ1) is 11.5. The lowest BCUT2D eigenvalue weighted by Gasteiger charge is -2.34. The molecule has 17 heavy (non-hydrogen) atoms. The van der Waals surface area contributed by atoms with Gasteiger partial charge in [-0.3, -0.25) is 0 Å². The van der Waals surface area contributed by atoms with Gasteiger partial charge in [0.2, 0.25) is 0 Å². The number of allylic oxidation sites excluding steroid dienone is 2. The molecule has 0 spiro atoms. The van der Waals surface area contributed by atoms with Crippen molar-refractivity contribution in [2.75, 3.05) is 0 Å². The Labute approximate surface area is 99.0 Å². The summed E-state index contributed by atoms with van der Waals surface area (Å²) in [6, 6.07) is 6.13. The molecule has 1 aliphatic heterocycles. The minimum Gasteiger partial charge on any atom is -0.399 e. The first-order valence-electron chi connectivity index (χ1n) is 5.24. The Kier molecular flexibility index (Phi) is 2.77. The topological polar surface area (TPSA) is 90.1 Å².